The highest BCUT2D eigenvalue weighted by atomic mass is 16.5. The van der Waals surface area contributed by atoms with E-state index in [4.69, 9.17) is 14.6 Å². The maximum Gasteiger partial charge on any atom is 0.257 e. The van der Waals surface area contributed by atoms with E-state index in [2.05, 4.69) is 10.6 Å². The van der Waals surface area contributed by atoms with Crippen molar-refractivity contribution >= 4 is 5.91 Å². The molecule has 0 aliphatic carbocycles. The lowest BCUT2D eigenvalue weighted by Crippen LogP contribution is -2.28. The van der Waals surface area contributed by atoms with E-state index in [0.29, 0.717) is 31.1 Å². The Morgan fingerprint density at radius 1 is 1.35 bits per heavy atom. The lowest BCUT2D eigenvalue weighted by atomic mass is 10.2. The van der Waals surface area contributed by atoms with Crippen LogP contribution in [0.4, 0.5) is 0 Å². The number of carbonyl (C=O) groups is 1. The summed E-state index contributed by atoms with van der Waals surface area (Å²) in [6, 6.07) is 5.51. The van der Waals surface area contributed by atoms with Gasteiger partial charge in [0.2, 0.25) is 0 Å². The summed E-state index contributed by atoms with van der Waals surface area (Å²) in [7, 11) is 1.55. The summed E-state index contributed by atoms with van der Waals surface area (Å²) in [5.41, 5.74) is 1.01. The number of rotatable bonds is 9. The van der Waals surface area contributed by atoms with Crippen LogP contribution >= 0.6 is 0 Å². The number of nitrogens with one attached hydrogen (secondary N) is 2. The molecular formula is C14H22N2O4. The predicted octanol–water partition coefficient (Wildman–Crippen LogP) is 0.292. The number of aliphatic hydroxyl groups excluding tert-OH is 1. The third-order valence-corrected chi connectivity index (χ3v) is 2.58. The topological polar surface area (TPSA) is 79.8 Å². The molecule has 0 fully saturated rings. The van der Waals surface area contributed by atoms with Gasteiger partial charge in [-0.25, -0.2) is 0 Å². The van der Waals surface area contributed by atoms with E-state index in [-0.39, 0.29) is 19.1 Å². The summed E-state index contributed by atoms with van der Waals surface area (Å²) in [6.45, 7) is 3.67. The third kappa shape index (κ3) is 5.46. The van der Waals surface area contributed by atoms with Gasteiger partial charge in [-0.1, -0.05) is 6.07 Å². The van der Waals surface area contributed by atoms with Gasteiger partial charge in [-0.2, -0.15) is 0 Å². The summed E-state index contributed by atoms with van der Waals surface area (Å²) in [5, 5.41) is 14.4. The van der Waals surface area contributed by atoms with Crippen LogP contribution in [0.2, 0.25) is 0 Å². The second-order valence-corrected chi connectivity index (χ2v) is 4.13. The van der Waals surface area contributed by atoms with Crippen LogP contribution in [-0.4, -0.2) is 44.4 Å². The molecule has 0 atom stereocenters. The van der Waals surface area contributed by atoms with E-state index < -0.39 is 0 Å². The van der Waals surface area contributed by atoms with E-state index in [9.17, 15) is 4.79 Å². The number of hydrogen-bond donors (Lipinski definition) is 3. The van der Waals surface area contributed by atoms with Crippen LogP contribution in [0.15, 0.2) is 18.2 Å². The zero-order valence-electron chi connectivity index (χ0n) is 11.9. The maximum absolute atomic E-state index is 11.3. The third-order valence-electron chi connectivity index (χ3n) is 2.58. The summed E-state index contributed by atoms with van der Waals surface area (Å²) in [6.07, 6.45) is 0. The smallest absolute Gasteiger partial charge is 0.257 e. The molecule has 0 spiro atoms. The van der Waals surface area contributed by atoms with Gasteiger partial charge in [-0.3, -0.25) is 4.79 Å². The fraction of sp³-hybridized carbons (Fsp3) is 0.500. The van der Waals surface area contributed by atoms with Crippen molar-refractivity contribution in [3.63, 3.8) is 0 Å². The zero-order chi connectivity index (χ0) is 14.8. The van der Waals surface area contributed by atoms with Crippen LogP contribution in [0.1, 0.15) is 12.5 Å². The molecule has 0 bridgehead atoms. The monoisotopic (exact) mass is 282 g/mol. The molecule has 0 aliphatic heterocycles. The van der Waals surface area contributed by atoms with Crippen LogP contribution in [0.5, 0.6) is 11.5 Å². The van der Waals surface area contributed by atoms with Gasteiger partial charge in [0.1, 0.15) is 0 Å². The maximum atomic E-state index is 11.3. The summed E-state index contributed by atoms with van der Waals surface area (Å²) in [5.74, 6) is 0.950. The highest BCUT2D eigenvalue weighted by Crippen LogP contribution is 2.27. The van der Waals surface area contributed by atoms with Crippen molar-refractivity contribution in [2.75, 3.05) is 33.4 Å². The van der Waals surface area contributed by atoms with Gasteiger partial charge in [0.25, 0.3) is 5.91 Å². The van der Waals surface area contributed by atoms with Crippen LogP contribution in [0, 0.1) is 0 Å². The Bertz CT molecular complexity index is 424. The minimum Gasteiger partial charge on any atom is -0.493 e. The van der Waals surface area contributed by atoms with Gasteiger partial charge >= 0.3 is 0 Å². The number of methoxy groups -OCH3 is 1. The fourth-order valence-corrected chi connectivity index (χ4v) is 1.64. The van der Waals surface area contributed by atoms with E-state index in [0.717, 1.165) is 5.56 Å². The Hall–Kier alpha value is -1.79. The molecule has 0 aliphatic rings. The number of hydrogen-bond acceptors (Lipinski definition) is 5. The van der Waals surface area contributed by atoms with Crippen molar-refractivity contribution in [1.29, 1.82) is 0 Å². The van der Waals surface area contributed by atoms with Crippen LogP contribution in [0.25, 0.3) is 0 Å². The van der Waals surface area contributed by atoms with Crippen LogP contribution in [-0.2, 0) is 11.3 Å². The molecule has 0 aromatic heterocycles. The van der Waals surface area contributed by atoms with Gasteiger partial charge in [-0.05, 0) is 24.6 Å². The lowest BCUT2D eigenvalue weighted by Gasteiger charge is -2.12. The molecular weight excluding hydrogens is 260 g/mol. The molecule has 20 heavy (non-hydrogen) atoms. The molecule has 1 rings (SSSR count). The Balaban J connectivity index is 2.60. The largest absolute Gasteiger partial charge is 0.493 e. The minimum atomic E-state index is -0.164. The second-order valence-electron chi connectivity index (χ2n) is 4.13. The van der Waals surface area contributed by atoms with Gasteiger partial charge in [0.15, 0.2) is 18.1 Å². The van der Waals surface area contributed by atoms with Gasteiger partial charge in [0, 0.05) is 19.6 Å². The van der Waals surface area contributed by atoms with Crippen molar-refractivity contribution in [2.45, 2.75) is 13.5 Å². The first kappa shape index (κ1) is 16.3. The Kier molecular flexibility index (Phi) is 7.46. The Labute approximate surface area is 119 Å². The second kappa shape index (κ2) is 9.17. The van der Waals surface area contributed by atoms with Crippen molar-refractivity contribution in [3.05, 3.63) is 23.8 Å². The molecule has 6 heteroatoms. The Morgan fingerprint density at radius 2 is 2.15 bits per heavy atom. The number of carbonyl (C=O) groups excluding carboxylic acids is 1. The summed E-state index contributed by atoms with van der Waals surface area (Å²) < 4.78 is 10.7. The van der Waals surface area contributed by atoms with Crippen molar-refractivity contribution in [3.8, 4) is 11.5 Å². The molecule has 1 aromatic rings. The highest BCUT2D eigenvalue weighted by molar-refractivity contribution is 5.77. The summed E-state index contributed by atoms with van der Waals surface area (Å²) >= 11 is 0. The molecule has 112 valence electrons. The van der Waals surface area contributed by atoms with Crippen LogP contribution in [0.3, 0.4) is 0 Å². The fourth-order valence-electron chi connectivity index (χ4n) is 1.64. The molecule has 0 heterocycles. The van der Waals surface area contributed by atoms with E-state index in [1.165, 1.54) is 0 Å². The summed E-state index contributed by atoms with van der Waals surface area (Å²) in [4.78, 5) is 11.3. The predicted molar refractivity (Wildman–Crippen MR) is 76.0 cm³/mol. The molecule has 0 saturated heterocycles. The lowest BCUT2D eigenvalue weighted by molar-refractivity contribution is -0.123. The zero-order valence-corrected chi connectivity index (χ0v) is 11.9. The number of likely N-dealkylation sites (N-methyl/N-ethyl adjacent to an activating group) is 1. The minimum absolute atomic E-state index is 0.0354. The molecule has 3 N–H and O–H groups in total. The first-order chi connectivity index (χ1) is 9.71. The van der Waals surface area contributed by atoms with Crippen LogP contribution < -0.4 is 20.1 Å². The van der Waals surface area contributed by atoms with Crippen molar-refractivity contribution in [1.82, 2.24) is 10.6 Å². The normalized spacial score (nSPS) is 10.2. The molecule has 1 aromatic carbocycles. The number of benzene rings is 1. The molecule has 0 saturated carbocycles. The van der Waals surface area contributed by atoms with Crippen molar-refractivity contribution in [2.24, 2.45) is 0 Å². The number of amides is 1. The van der Waals surface area contributed by atoms with Gasteiger partial charge in [0.05, 0.1) is 13.7 Å². The number of ether oxygens (including phenoxy) is 2. The quantitative estimate of drug-likeness (QED) is 0.567. The molecule has 0 unspecified atom stereocenters. The van der Waals surface area contributed by atoms with E-state index in [1.54, 1.807) is 13.2 Å². The standard InChI is InChI=1S/C14H22N2O4/c1-3-16-14(18)10-20-12-5-4-11(8-13(12)19-2)9-15-6-7-17/h4-5,8,15,17H,3,6-7,9-10H2,1-2H3,(H,16,18). The van der Waals surface area contributed by atoms with Gasteiger partial charge < -0.3 is 25.2 Å². The molecule has 1 amide bonds. The SMILES string of the molecule is CCNC(=O)COc1ccc(CNCCO)cc1OC. The molecule has 6 nitrogen and oxygen atoms in total. The average molecular weight is 282 g/mol. The highest BCUT2D eigenvalue weighted by Gasteiger charge is 2.08. The number of aliphatic hydroxyl groups is 1. The first-order valence-corrected chi connectivity index (χ1v) is 6.59. The van der Waals surface area contributed by atoms with E-state index >= 15 is 0 Å². The van der Waals surface area contributed by atoms with Crippen molar-refractivity contribution < 1.29 is 19.4 Å². The van der Waals surface area contributed by atoms with Gasteiger partial charge in [-0.15, -0.1) is 0 Å². The van der Waals surface area contributed by atoms with E-state index in [1.807, 2.05) is 19.1 Å². The average Bonchev–Trinajstić information content (AvgIpc) is 2.46. The molecule has 0 radical (unpaired) electrons. The first-order valence-electron chi connectivity index (χ1n) is 6.59. The Morgan fingerprint density at radius 3 is 2.80 bits per heavy atom.